The lowest BCUT2D eigenvalue weighted by molar-refractivity contribution is 0.609. The number of fused-ring (bicyclic) bond motifs is 2. The number of benzene rings is 1. The molecule has 1 atom stereocenters. The van der Waals surface area contributed by atoms with Crippen LogP contribution in [0.4, 0.5) is 5.69 Å². The van der Waals surface area contributed by atoms with Crippen LogP contribution in [0.3, 0.4) is 0 Å². The van der Waals surface area contributed by atoms with E-state index in [0.717, 1.165) is 52.5 Å². The largest absolute Gasteiger partial charge is 0.388 e. The monoisotopic (exact) mass is 487 g/mol. The smallest absolute Gasteiger partial charge is 0.0902 e. The van der Waals surface area contributed by atoms with E-state index < -0.39 is 0 Å². The Morgan fingerprint density at radius 1 is 1.11 bits per heavy atom. The number of hydrogen-bond acceptors (Lipinski definition) is 4. The van der Waals surface area contributed by atoms with Crippen molar-refractivity contribution in [1.29, 1.82) is 0 Å². The molecule has 1 heterocycles. The maximum atomic E-state index is 5.04. The van der Waals surface area contributed by atoms with Gasteiger partial charge in [-0.2, -0.15) is 0 Å². The molecular formula is C31H45N5. The number of anilines is 1. The Morgan fingerprint density at radius 3 is 2.33 bits per heavy atom. The number of aliphatic imine (C=N–C) groups is 2. The summed E-state index contributed by atoms with van der Waals surface area (Å²) in [6.45, 7) is 29.3. The highest BCUT2D eigenvalue weighted by Crippen LogP contribution is 2.41. The molecule has 1 aliphatic carbocycles. The standard InChI is InChI=1S/C26H31N3.C3H8N2.C2H6/c1-16(2)28-25-13-18(4)17(3)11-12-24-19(5)20(6)26(24)29-23-10-8-9-22(14-23)15-27-21(25)7;1-3(4)5-2;1-2/h8-10,13-14,17,27,29H,1,5-7,11-12,15H2,2-4H3;1-2H3,(H2,4,5);1-2H3/b18-13+,28-25?;;. The van der Waals surface area contributed by atoms with Gasteiger partial charge in [0.15, 0.2) is 0 Å². The molecule has 0 radical (unpaired) electrons. The summed E-state index contributed by atoms with van der Waals surface area (Å²) in [4.78, 5) is 8.20. The molecule has 0 saturated heterocycles. The second-order valence-corrected chi connectivity index (χ2v) is 8.89. The molecule has 1 aromatic carbocycles. The minimum Gasteiger partial charge on any atom is -0.388 e. The number of hydrogen-bond donors (Lipinski definition) is 3. The molecule has 194 valence electrons. The summed E-state index contributed by atoms with van der Waals surface area (Å²) in [7, 11) is 1.66. The molecule has 2 bridgehead atoms. The normalized spacial score (nSPS) is 20.9. The van der Waals surface area contributed by atoms with Crippen LogP contribution in [0.5, 0.6) is 0 Å². The van der Waals surface area contributed by atoms with Gasteiger partial charge in [-0.25, -0.2) is 0 Å². The Morgan fingerprint density at radius 2 is 1.75 bits per heavy atom. The van der Waals surface area contributed by atoms with Gasteiger partial charge in [0.1, 0.15) is 0 Å². The van der Waals surface area contributed by atoms with Gasteiger partial charge in [0.05, 0.1) is 17.2 Å². The molecule has 1 unspecified atom stereocenters. The van der Waals surface area contributed by atoms with E-state index in [1.807, 2.05) is 20.8 Å². The Hall–Kier alpha value is -3.60. The molecule has 2 aliphatic rings. The zero-order chi connectivity index (χ0) is 27.4. The number of rotatable bonds is 1. The van der Waals surface area contributed by atoms with Crippen LogP contribution in [0.15, 0.2) is 106 Å². The van der Waals surface area contributed by atoms with Crippen LogP contribution in [0, 0.1) is 5.92 Å². The van der Waals surface area contributed by atoms with Gasteiger partial charge < -0.3 is 16.4 Å². The van der Waals surface area contributed by atoms with Gasteiger partial charge in [-0.15, -0.1) is 0 Å². The third-order valence-electron chi connectivity index (χ3n) is 5.98. The molecule has 5 heteroatoms. The van der Waals surface area contributed by atoms with Crippen molar-refractivity contribution in [2.45, 2.75) is 60.9 Å². The summed E-state index contributed by atoms with van der Waals surface area (Å²) < 4.78 is 0. The van der Waals surface area contributed by atoms with Crippen molar-refractivity contribution in [2.75, 3.05) is 12.4 Å². The van der Waals surface area contributed by atoms with E-state index in [9.17, 15) is 0 Å². The van der Waals surface area contributed by atoms with Crippen LogP contribution in [0.1, 0.15) is 59.9 Å². The molecule has 1 aliphatic heterocycles. The number of nitrogens with one attached hydrogen (secondary N) is 2. The molecule has 0 saturated carbocycles. The van der Waals surface area contributed by atoms with Crippen molar-refractivity contribution < 1.29 is 0 Å². The highest BCUT2D eigenvalue weighted by atomic mass is 14.9. The van der Waals surface area contributed by atoms with Crippen molar-refractivity contribution in [3.63, 3.8) is 0 Å². The molecular weight excluding hydrogens is 442 g/mol. The average Bonchev–Trinajstić information content (AvgIpc) is 2.86. The maximum absolute atomic E-state index is 5.04. The van der Waals surface area contributed by atoms with Crippen molar-refractivity contribution in [1.82, 2.24) is 5.32 Å². The number of nitrogens with two attached hydrogens (primary N) is 1. The Bertz CT molecular complexity index is 1110. The molecule has 0 spiro atoms. The Balaban J connectivity index is 0.000000826. The van der Waals surface area contributed by atoms with E-state index in [4.69, 9.17) is 5.73 Å². The van der Waals surface area contributed by atoms with E-state index in [1.165, 1.54) is 16.7 Å². The lowest BCUT2D eigenvalue weighted by Crippen LogP contribution is -2.19. The summed E-state index contributed by atoms with van der Waals surface area (Å²) in [6, 6.07) is 8.40. The predicted octanol–water partition coefficient (Wildman–Crippen LogP) is 7.45. The molecule has 0 aromatic heterocycles. The van der Waals surface area contributed by atoms with Crippen LogP contribution >= 0.6 is 0 Å². The number of amidine groups is 1. The van der Waals surface area contributed by atoms with Gasteiger partial charge in [0, 0.05) is 30.7 Å². The minimum absolute atomic E-state index is 0.416. The zero-order valence-corrected chi connectivity index (χ0v) is 23.4. The second kappa shape index (κ2) is 14.7. The number of nitrogens with zero attached hydrogens (tertiary/aromatic N) is 2. The lowest BCUT2D eigenvalue weighted by atomic mass is 9.79. The van der Waals surface area contributed by atoms with Gasteiger partial charge in [-0.1, -0.05) is 64.8 Å². The molecule has 0 fully saturated rings. The minimum atomic E-state index is 0.416. The highest BCUT2D eigenvalue weighted by molar-refractivity contribution is 6.08. The van der Waals surface area contributed by atoms with Crippen molar-refractivity contribution >= 4 is 17.2 Å². The molecule has 1 aromatic rings. The van der Waals surface area contributed by atoms with Gasteiger partial charge >= 0.3 is 0 Å². The topological polar surface area (TPSA) is 74.8 Å². The Kier molecular flexibility index (Phi) is 12.4. The van der Waals surface area contributed by atoms with Crippen molar-refractivity contribution in [3.05, 3.63) is 102 Å². The first-order valence-corrected chi connectivity index (χ1v) is 12.6. The third kappa shape index (κ3) is 8.88. The van der Waals surface area contributed by atoms with Crippen molar-refractivity contribution in [2.24, 2.45) is 21.6 Å². The summed E-state index contributed by atoms with van der Waals surface area (Å²) in [6.07, 6.45) is 4.14. The lowest BCUT2D eigenvalue weighted by Gasteiger charge is -2.31. The highest BCUT2D eigenvalue weighted by Gasteiger charge is 2.26. The molecule has 0 amide bonds. The zero-order valence-electron chi connectivity index (χ0n) is 23.4. The second-order valence-electron chi connectivity index (χ2n) is 8.89. The van der Waals surface area contributed by atoms with E-state index in [2.05, 4.69) is 91.1 Å². The van der Waals surface area contributed by atoms with E-state index in [0.29, 0.717) is 18.3 Å². The average molecular weight is 488 g/mol. The fourth-order valence-electron chi connectivity index (χ4n) is 3.57. The quantitative estimate of drug-likeness (QED) is 0.284. The van der Waals surface area contributed by atoms with E-state index in [-0.39, 0.29) is 0 Å². The van der Waals surface area contributed by atoms with Crippen LogP contribution in [0.25, 0.3) is 0 Å². The first-order valence-electron chi connectivity index (χ1n) is 12.6. The van der Waals surface area contributed by atoms with Gasteiger partial charge in [-0.05, 0) is 80.0 Å². The first kappa shape index (κ1) is 30.4. The van der Waals surface area contributed by atoms with Crippen LogP contribution in [0.2, 0.25) is 0 Å². The van der Waals surface area contributed by atoms with Gasteiger partial charge in [0.25, 0.3) is 0 Å². The molecule has 36 heavy (non-hydrogen) atoms. The first-order chi connectivity index (χ1) is 17.0. The summed E-state index contributed by atoms with van der Waals surface area (Å²) in [5, 5.41) is 6.98. The SMILES string of the molecule is C=C(C)N=C1/C=C(\C)C(C)CCC2=C(Nc3cccc(c3)CNC1=C)C(=C)C2=C.CC.CN=C(C)N. The fraction of sp³-hybridized carbons (Fsp3) is 0.355. The van der Waals surface area contributed by atoms with E-state index >= 15 is 0 Å². The van der Waals surface area contributed by atoms with Crippen molar-refractivity contribution in [3.8, 4) is 0 Å². The molecule has 5 nitrogen and oxygen atoms in total. The molecule has 4 N–H and O–H groups in total. The Labute approximate surface area is 219 Å². The molecule has 3 rings (SSSR count). The summed E-state index contributed by atoms with van der Waals surface area (Å²) >= 11 is 0. The van der Waals surface area contributed by atoms with E-state index in [1.54, 1.807) is 14.0 Å². The fourth-order valence-corrected chi connectivity index (χ4v) is 3.57. The maximum Gasteiger partial charge on any atom is 0.0902 e. The van der Waals surface area contributed by atoms with Gasteiger partial charge in [-0.3, -0.25) is 9.98 Å². The third-order valence-corrected chi connectivity index (χ3v) is 5.98. The van der Waals surface area contributed by atoms with Crippen LogP contribution in [-0.2, 0) is 6.54 Å². The van der Waals surface area contributed by atoms with Crippen LogP contribution in [-0.4, -0.2) is 18.6 Å². The summed E-state index contributed by atoms with van der Waals surface area (Å²) in [5.74, 6) is 1.05. The van der Waals surface area contributed by atoms with Gasteiger partial charge in [0.2, 0.25) is 0 Å². The number of allylic oxidation sites excluding steroid dienone is 5. The predicted molar refractivity (Wildman–Crippen MR) is 160 cm³/mol. The van der Waals surface area contributed by atoms with Crippen LogP contribution < -0.4 is 16.4 Å². The summed E-state index contributed by atoms with van der Waals surface area (Å²) in [5.41, 5.74) is 15.4.